The summed E-state index contributed by atoms with van der Waals surface area (Å²) in [5.41, 5.74) is 0.699. The minimum Gasteiger partial charge on any atom is -0.396 e. The molecule has 0 aliphatic rings. The van der Waals surface area contributed by atoms with Crippen molar-refractivity contribution in [2.75, 3.05) is 6.61 Å². The molecule has 1 heterocycles. The van der Waals surface area contributed by atoms with Crippen molar-refractivity contribution in [1.29, 1.82) is 0 Å². The number of carbonyl (C=O) groups is 1. The van der Waals surface area contributed by atoms with Crippen LogP contribution in [0.15, 0.2) is 35.1 Å². The van der Waals surface area contributed by atoms with Crippen LogP contribution >= 0.6 is 0 Å². The van der Waals surface area contributed by atoms with Crippen LogP contribution in [-0.4, -0.2) is 28.6 Å². The Bertz CT molecular complexity index is 663. The fraction of sp³-hybridized carbons (Fsp3) is 0.333. The molecule has 0 saturated heterocycles. The summed E-state index contributed by atoms with van der Waals surface area (Å²) >= 11 is 0. The zero-order valence-corrected chi connectivity index (χ0v) is 11.3. The number of benzene rings is 1. The van der Waals surface area contributed by atoms with E-state index in [-0.39, 0.29) is 24.1 Å². The summed E-state index contributed by atoms with van der Waals surface area (Å²) in [6, 6.07) is 8.41. The van der Waals surface area contributed by atoms with Crippen LogP contribution in [0.2, 0.25) is 0 Å². The number of hydrogen-bond donors (Lipinski definition) is 3. The highest BCUT2D eigenvalue weighted by molar-refractivity contribution is 6.06. The van der Waals surface area contributed by atoms with Crippen molar-refractivity contribution in [2.45, 2.75) is 25.8 Å². The van der Waals surface area contributed by atoms with Gasteiger partial charge in [-0.2, -0.15) is 0 Å². The maximum absolute atomic E-state index is 12.3. The van der Waals surface area contributed by atoms with Crippen LogP contribution in [0.5, 0.6) is 0 Å². The molecule has 1 aromatic heterocycles. The van der Waals surface area contributed by atoms with E-state index in [9.17, 15) is 9.59 Å². The van der Waals surface area contributed by atoms with Gasteiger partial charge >= 0.3 is 0 Å². The summed E-state index contributed by atoms with van der Waals surface area (Å²) in [5.74, 6) is -0.285. The summed E-state index contributed by atoms with van der Waals surface area (Å²) in [4.78, 5) is 26.6. The second-order valence-corrected chi connectivity index (χ2v) is 4.68. The number of fused-ring (bicyclic) bond motifs is 1. The van der Waals surface area contributed by atoms with Crippen LogP contribution < -0.4 is 10.9 Å². The van der Waals surface area contributed by atoms with Gasteiger partial charge in [-0.25, -0.2) is 0 Å². The Morgan fingerprint density at radius 3 is 2.85 bits per heavy atom. The van der Waals surface area contributed by atoms with Crippen molar-refractivity contribution < 1.29 is 9.90 Å². The van der Waals surface area contributed by atoms with Gasteiger partial charge in [0.15, 0.2) is 0 Å². The molecule has 5 heteroatoms. The molecule has 0 spiro atoms. The number of nitrogens with one attached hydrogen (secondary N) is 2. The van der Waals surface area contributed by atoms with Gasteiger partial charge in [-0.05, 0) is 18.9 Å². The Kier molecular flexibility index (Phi) is 4.53. The molecular weight excluding hydrogens is 256 g/mol. The van der Waals surface area contributed by atoms with Crippen molar-refractivity contribution in [3.63, 3.8) is 0 Å². The molecule has 106 valence electrons. The van der Waals surface area contributed by atoms with E-state index in [1.54, 1.807) is 18.2 Å². The molecule has 5 nitrogen and oxygen atoms in total. The molecule has 2 aromatic rings. The number of carbonyl (C=O) groups excluding carboxylic acids is 1. The van der Waals surface area contributed by atoms with Crippen molar-refractivity contribution in [2.24, 2.45) is 0 Å². The van der Waals surface area contributed by atoms with Gasteiger partial charge in [0.1, 0.15) is 0 Å². The number of hydrogen-bond acceptors (Lipinski definition) is 3. The summed E-state index contributed by atoms with van der Waals surface area (Å²) in [6.07, 6.45) is 1.23. The normalized spacial score (nSPS) is 12.3. The number of rotatable bonds is 5. The van der Waals surface area contributed by atoms with Crippen molar-refractivity contribution in [3.05, 3.63) is 46.2 Å². The maximum Gasteiger partial charge on any atom is 0.252 e. The standard InChI is InChI=1S/C15H18N2O3/c1-2-10(7-8-18)16-15(20)12-9-14(19)17-13-6-4-3-5-11(12)13/h3-6,9-10,18H,2,7-8H2,1H3,(H,16,20)(H,17,19). The van der Waals surface area contributed by atoms with E-state index in [0.717, 1.165) is 6.42 Å². The molecule has 3 N–H and O–H groups in total. The summed E-state index contributed by atoms with van der Waals surface area (Å²) in [7, 11) is 0. The third kappa shape index (κ3) is 3.05. The molecule has 1 aromatic carbocycles. The zero-order valence-electron chi connectivity index (χ0n) is 11.3. The Balaban J connectivity index is 2.36. The molecular formula is C15H18N2O3. The van der Waals surface area contributed by atoms with E-state index < -0.39 is 0 Å². The second-order valence-electron chi connectivity index (χ2n) is 4.68. The highest BCUT2D eigenvalue weighted by Gasteiger charge is 2.15. The molecule has 1 unspecified atom stereocenters. The Morgan fingerprint density at radius 2 is 2.15 bits per heavy atom. The predicted octanol–water partition coefficient (Wildman–Crippen LogP) is 1.42. The number of para-hydroxylation sites is 1. The third-order valence-electron chi connectivity index (χ3n) is 3.30. The van der Waals surface area contributed by atoms with E-state index in [1.807, 2.05) is 13.0 Å². The maximum atomic E-state index is 12.3. The lowest BCUT2D eigenvalue weighted by Crippen LogP contribution is -2.35. The molecule has 0 saturated carbocycles. The van der Waals surface area contributed by atoms with Gasteiger partial charge in [0.2, 0.25) is 5.56 Å². The van der Waals surface area contributed by atoms with Gasteiger partial charge in [0.05, 0.1) is 5.56 Å². The molecule has 20 heavy (non-hydrogen) atoms. The largest absolute Gasteiger partial charge is 0.396 e. The van der Waals surface area contributed by atoms with Crippen LogP contribution in [-0.2, 0) is 0 Å². The molecule has 2 rings (SSSR count). The molecule has 1 amide bonds. The average molecular weight is 274 g/mol. The fourth-order valence-electron chi connectivity index (χ4n) is 2.19. The minimum absolute atomic E-state index is 0.0227. The molecule has 0 bridgehead atoms. The lowest BCUT2D eigenvalue weighted by Gasteiger charge is -2.16. The first-order valence-electron chi connectivity index (χ1n) is 6.69. The quantitative estimate of drug-likeness (QED) is 0.771. The molecule has 1 atom stereocenters. The van der Waals surface area contributed by atoms with Gasteiger partial charge in [-0.1, -0.05) is 25.1 Å². The summed E-state index contributed by atoms with van der Waals surface area (Å²) in [5, 5.41) is 12.5. The topological polar surface area (TPSA) is 82.2 Å². The minimum atomic E-state index is -0.302. The number of amides is 1. The van der Waals surface area contributed by atoms with Gasteiger partial charge in [0, 0.05) is 29.6 Å². The number of aliphatic hydroxyl groups excluding tert-OH is 1. The van der Waals surface area contributed by atoms with Gasteiger partial charge in [0.25, 0.3) is 5.91 Å². The van der Waals surface area contributed by atoms with Crippen molar-refractivity contribution in [1.82, 2.24) is 10.3 Å². The zero-order chi connectivity index (χ0) is 14.5. The lowest BCUT2D eigenvalue weighted by atomic mass is 10.1. The van der Waals surface area contributed by atoms with Crippen molar-refractivity contribution >= 4 is 16.8 Å². The summed E-state index contributed by atoms with van der Waals surface area (Å²) in [6.45, 7) is 1.96. The number of H-pyrrole nitrogens is 1. The van der Waals surface area contributed by atoms with E-state index in [2.05, 4.69) is 10.3 Å². The first-order valence-corrected chi connectivity index (χ1v) is 6.69. The SMILES string of the molecule is CCC(CCO)NC(=O)c1cc(=O)[nH]c2ccccc12. The summed E-state index contributed by atoms with van der Waals surface area (Å²) < 4.78 is 0. The Labute approximate surface area is 116 Å². The number of aromatic amines is 1. The van der Waals surface area contributed by atoms with E-state index in [0.29, 0.717) is 22.9 Å². The first kappa shape index (κ1) is 14.3. The van der Waals surface area contributed by atoms with Crippen LogP contribution in [0.1, 0.15) is 30.1 Å². The number of pyridine rings is 1. The highest BCUT2D eigenvalue weighted by atomic mass is 16.3. The van der Waals surface area contributed by atoms with Gasteiger partial charge in [-0.15, -0.1) is 0 Å². The number of aliphatic hydroxyl groups is 1. The molecule has 0 radical (unpaired) electrons. The van der Waals surface area contributed by atoms with Crippen LogP contribution in [0.3, 0.4) is 0 Å². The Hall–Kier alpha value is -2.14. The van der Waals surface area contributed by atoms with Crippen LogP contribution in [0, 0.1) is 0 Å². The van der Waals surface area contributed by atoms with Crippen LogP contribution in [0.25, 0.3) is 10.9 Å². The highest BCUT2D eigenvalue weighted by Crippen LogP contribution is 2.14. The van der Waals surface area contributed by atoms with Gasteiger partial charge in [-0.3, -0.25) is 9.59 Å². The fourth-order valence-corrected chi connectivity index (χ4v) is 2.19. The molecule has 0 aliphatic carbocycles. The predicted molar refractivity (Wildman–Crippen MR) is 77.8 cm³/mol. The van der Waals surface area contributed by atoms with E-state index >= 15 is 0 Å². The van der Waals surface area contributed by atoms with E-state index in [4.69, 9.17) is 5.11 Å². The van der Waals surface area contributed by atoms with E-state index in [1.165, 1.54) is 6.07 Å². The van der Waals surface area contributed by atoms with Crippen LogP contribution in [0.4, 0.5) is 0 Å². The first-order chi connectivity index (χ1) is 9.65. The van der Waals surface area contributed by atoms with Crippen molar-refractivity contribution in [3.8, 4) is 0 Å². The molecule has 0 aliphatic heterocycles. The smallest absolute Gasteiger partial charge is 0.252 e. The lowest BCUT2D eigenvalue weighted by molar-refractivity contribution is 0.0930. The second kappa shape index (κ2) is 6.34. The number of aromatic nitrogens is 1. The monoisotopic (exact) mass is 274 g/mol. The third-order valence-corrected chi connectivity index (χ3v) is 3.30. The molecule has 0 fully saturated rings. The Morgan fingerprint density at radius 1 is 1.40 bits per heavy atom. The average Bonchev–Trinajstić information content (AvgIpc) is 2.45. The van der Waals surface area contributed by atoms with Gasteiger partial charge < -0.3 is 15.4 Å².